The van der Waals surface area contributed by atoms with E-state index in [1.807, 2.05) is 48.5 Å². The number of aliphatic hydroxyl groups excluding tert-OH is 1. The molecule has 1 unspecified atom stereocenters. The molecule has 0 bridgehead atoms. The van der Waals surface area contributed by atoms with E-state index in [9.17, 15) is 18.6 Å². The SMILES string of the molecule is C[C@H]1[C@@H](CSc2nnnn2-c2ccc(O)cc2)OC(c2ccc(CNS(=O)(=O)c3ccccc3)cc2)O[C@H]1c1ccc(CO)cc1. The van der Waals surface area contributed by atoms with E-state index in [1.54, 1.807) is 59.3 Å². The highest BCUT2D eigenvalue weighted by Gasteiger charge is 2.38. The van der Waals surface area contributed by atoms with Gasteiger partial charge < -0.3 is 19.7 Å². The molecular formula is C33H33N5O6S2. The fourth-order valence-electron chi connectivity index (χ4n) is 5.15. The molecule has 1 aliphatic heterocycles. The Kier molecular flexibility index (Phi) is 9.78. The molecule has 1 fully saturated rings. The number of aromatic nitrogens is 4. The van der Waals surface area contributed by atoms with Crippen molar-refractivity contribution in [3.05, 3.63) is 125 Å². The maximum Gasteiger partial charge on any atom is 0.240 e. The first-order valence-electron chi connectivity index (χ1n) is 14.7. The minimum absolute atomic E-state index is 0.0457. The second kappa shape index (κ2) is 14.1. The van der Waals surface area contributed by atoms with Gasteiger partial charge in [-0.05, 0) is 63.5 Å². The minimum Gasteiger partial charge on any atom is -0.508 e. The molecule has 238 valence electrons. The molecule has 0 amide bonds. The Hall–Kier alpha value is -4.11. The second-order valence-corrected chi connectivity index (χ2v) is 13.7. The summed E-state index contributed by atoms with van der Waals surface area (Å²) in [5, 5.41) is 32.0. The van der Waals surface area contributed by atoms with Gasteiger partial charge in [-0.1, -0.05) is 85.4 Å². The van der Waals surface area contributed by atoms with E-state index in [2.05, 4.69) is 27.2 Å². The number of aliphatic hydroxyl groups is 1. The van der Waals surface area contributed by atoms with Crippen LogP contribution in [0.2, 0.25) is 0 Å². The Morgan fingerprint density at radius 2 is 1.54 bits per heavy atom. The Morgan fingerprint density at radius 3 is 2.24 bits per heavy atom. The first-order valence-corrected chi connectivity index (χ1v) is 17.1. The summed E-state index contributed by atoms with van der Waals surface area (Å²) in [4.78, 5) is 0.212. The van der Waals surface area contributed by atoms with Crippen molar-refractivity contribution in [1.29, 1.82) is 0 Å². The van der Waals surface area contributed by atoms with E-state index in [0.717, 1.165) is 27.9 Å². The highest BCUT2D eigenvalue weighted by molar-refractivity contribution is 7.99. The number of phenolic OH excluding ortho intramolecular Hbond substituents is 1. The zero-order valence-corrected chi connectivity index (χ0v) is 26.5. The summed E-state index contributed by atoms with van der Waals surface area (Å²) >= 11 is 1.46. The molecule has 3 N–H and O–H groups in total. The molecule has 0 saturated carbocycles. The van der Waals surface area contributed by atoms with Crippen molar-refractivity contribution < 1.29 is 28.1 Å². The summed E-state index contributed by atoms with van der Waals surface area (Å²) in [7, 11) is -3.64. The standard InChI is InChI=1S/C33H33N5O6S2/c1-22-30(21-45-33-35-36-37-38(33)27-15-17-28(40)18-16-27)43-32(44-31(22)25-11-9-24(20-39)10-12-25)26-13-7-23(8-14-26)19-34-46(41,42)29-5-3-2-4-6-29/h2-18,22,30-32,34,39-40H,19-21H2,1H3/t22-,30+,31+,32?/m0/s1. The first-order chi connectivity index (χ1) is 22.3. The molecule has 0 radical (unpaired) electrons. The fraction of sp³-hybridized carbons (Fsp3) is 0.242. The van der Waals surface area contributed by atoms with E-state index < -0.39 is 16.3 Å². The Bertz CT molecular complexity index is 1840. The van der Waals surface area contributed by atoms with Crippen LogP contribution in [0.5, 0.6) is 5.75 Å². The van der Waals surface area contributed by atoms with Gasteiger partial charge in [-0.2, -0.15) is 4.68 Å². The van der Waals surface area contributed by atoms with E-state index in [1.165, 1.54) is 11.8 Å². The minimum atomic E-state index is -3.64. The average Bonchev–Trinajstić information content (AvgIpc) is 3.57. The van der Waals surface area contributed by atoms with Gasteiger partial charge in [-0.3, -0.25) is 0 Å². The van der Waals surface area contributed by atoms with E-state index in [-0.39, 0.29) is 41.9 Å². The first kappa shape index (κ1) is 31.9. The highest BCUT2D eigenvalue weighted by atomic mass is 32.2. The van der Waals surface area contributed by atoms with Gasteiger partial charge >= 0.3 is 0 Å². The van der Waals surface area contributed by atoms with Crippen molar-refractivity contribution in [2.45, 2.75) is 48.6 Å². The van der Waals surface area contributed by atoms with Gasteiger partial charge in [0.2, 0.25) is 15.2 Å². The van der Waals surface area contributed by atoms with E-state index in [4.69, 9.17) is 9.47 Å². The third kappa shape index (κ3) is 7.30. The molecule has 1 aliphatic rings. The number of ether oxygens (including phenoxy) is 2. The summed E-state index contributed by atoms with van der Waals surface area (Å²) < 4.78 is 42.7. The van der Waals surface area contributed by atoms with E-state index in [0.29, 0.717) is 10.9 Å². The van der Waals surface area contributed by atoms with Crippen molar-refractivity contribution in [2.75, 3.05) is 5.75 Å². The van der Waals surface area contributed by atoms with Crippen LogP contribution in [-0.4, -0.2) is 50.7 Å². The van der Waals surface area contributed by atoms with Crippen molar-refractivity contribution in [1.82, 2.24) is 24.9 Å². The maximum atomic E-state index is 12.7. The smallest absolute Gasteiger partial charge is 0.240 e. The molecule has 4 atom stereocenters. The van der Waals surface area contributed by atoms with Crippen LogP contribution >= 0.6 is 11.8 Å². The second-order valence-electron chi connectivity index (χ2n) is 10.9. The zero-order chi connectivity index (χ0) is 32.1. The summed E-state index contributed by atoms with van der Waals surface area (Å²) in [5.41, 5.74) is 4.08. The number of benzene rings is 4. The van der Waals surface area contributed by atoms with Crippen molar-refractivity contribution in [3.63, 3.8) is 0 Å². The van der Waals surface area contributed by atoms with Crippen LogP contribution in [0.1, 0.15) is 41.6 Å². The Balaban J connectivity index is 1.19. The summed E-state index contributed by atoms with van der Waals surface area (Å²) in [6.45, 7) is 2.17. The number of tetrazole rings is 1. The number of phenols is 1. The van der Waals surface area contributed by atoms with Gasteiger partial charge in [0.05, 0.1) is 29.4 Å². The van der Waals surface area contributed by atoms with Crippen molar-refractivity contribution in [3.8, 4) is 11.4 Å². The summed E-state index contributed by atoms with van der Waals surface area (Å²) in [6, 6.07) is 30.1. The van der Waals surface area contributed by atoms with Crippen LogP contribution in [0.15, 0.2) is 113 Å². The number of sulfonamides is 1. The van der Waals surface area contributed by atoms with Gasteiger partial charge in [0.15, 0.2) is 6.29 Å². The molecular weight excluding hydrogens is 627 g/mol. The molecule has 0 aliphatic carbocycles. The lowest BCUT2D eigenvalue weighted by Crippen LogP contribution is -2.38. The van der Waals surface area contributed by atoms with E-state index >= 15 is 0 Å². The fourth-order valence-corrected chi connectivity index (χ4v) is 7.24. The van der Waals surface area contributed by atoms with Gasteiger partial charge in [0.25, 0.3) is 0 Å². The lowest BCUT2D eigenvalue weighted by atomic mass is 9.91. The molecule has 1 saturated heterocycles. The Labute approximate surface area is 271 Å². The number of aromatic hydroxyl groups is 1. The predicted molar refractivity (Wildman–Crippen MR) is 171 cm³/mol. The van der Waals surface area contributed by atoms with Crippen LogP contribution in [0.4, 0.5) is 0 Å². The zero-order valence-electron chi connectivity index (χ0n) is 24.9. The van der Waals surface area contributed by atoms with Crippen molar-refractivity contribution >= 4 is 21.8 Å². The van der Waals surface area contributed by atoms with Crippen LogP contribution in [0.25, 0.3) is 5.69 Å². The van der Waals surface area contributed by atoms with Gasteiger partial charge in [-0.15, -0.1) is 5.10 Å². The molecule has 0 spiro atoms. The number of hydrogen-bond donors (Lipinski definition) is 3. The topological polar surface area (TPSA) is 149 Å². The summed E-state index contributed by atoms with van der Waals surface area (Å²) in [6.07, 6.45) is -1.25. The maximum absolute atomic E-state index is 12.7. The molecule has 2 heterocycles. The molecule has 1 aromatic heterocycles. The van der Waals surface area contributed by atoms with Gasteiger partial charge in [-0.25, -0.2) is 13.1 Å². The lowest BCUT2D eigenvalue weighted by Gasteiger charge is -2.41. The average molecular weight is 660 g/mol. The number of nitrogens with one attached hydrogen (secondary N) is 1. The Morgan fingerprint density at radius 1 is 0.870 bits per heavy atom. The molecule has 13 heteroatoms. The highest BCUT2D eigenvalue weighted by Crippen LogP contribution is 2.43. The van der Waals surface area contributed by atoms with Gasteiger partial charge in [0, 0.05) is 23.8 Å². The van der Waals surface area contributed by atoms with Crippen molar-refractivity contribution in [2.24, 2.45) is 5.92 Å². The van der Waals surface area contributed by atoms with Crippen LogP contribution in [0.3, 0.4) is 0 Å². The van der Waals surface area contributed by atoms with Crippen LogP contribution in [0, 0.1) is 5.92 Å². The largest absolute Gasteiger partial charge is 0.508 e. The molecule has 5 aromatic rings. The third-order valence-electron chi connectivity index (χ3n) is 7.81. The van der Waals surface area contributed by atoms with Crippen LogP contribution < -0.4 is 4.72 Å². The predicted octanol–water partition coefficient (Wildman–Crippen LogP) is 4.92. The molecule has 11 nitrogen and oxygen atoms in total. The van der Waals surface area contributed by atoms with Crippen LogP contribution in [-0.2, 0) is 32.6 Å². The molecule has 46 heavy (non-hydrogen) atoms. The third-order valence-corrected chi connectivity index (χ3v) is 10.2. The number of rotatable bonds is 11. The number of nitrogens with zero attached hydrogens (tertiary/aromatic N) is 4. The van der Waals surface area contributed by atoms with Gasteiger partial charge in [0.1, 0.15) is 5.75 Å². The normalized spacial score (nSPS) is 20.0. The monoisotopic (exact) mass is 659 g/mol. The number of thioether (sulfide) groups is 1. The quantitative estimate of drug-likeness (QED) is 0.167. The lowest BCUT2D eigenvalue weighted by molar-refractivity contribution is -0.268. The summed E-state index contributed by atoms with van der Waals surface area (Å²) in [5.74, 6) is 0.638. The number of hydrogen-bond acceptors (Lipinski definition) is 10. The molecule has 4 aromatic carbocycles. The molecule has 6 rings (SSSR count).